The SMILES string of the molecule is O=C(CCc1cc(-c2ccc(C(F)(F)F)cc2)c(Cl)cn1)[C@@H]1C[C@@H](F)CN1S(=O)(=O)c1ccc(F)cc1. The molecule has 0 unspecified atom stereocenters. The summed E-state index contributed by atoms with van der Waals surface area (Å²) in [6.45, 7) is -0.493. The highest BCUT2D eigenvalue weighted by atomic mass is 35.5. The smallest absolute Gasteiger partial charge is 0.298 e. The standard InChI is InChI=1S/C25H20ClF5N2O3S/c26-22-13-32-19(12-21(22)15-1-3-16(4-2-15)25(29,30)31)7-10-24(34)23-11-18(28)14-33(23)37(35,36)20-8-5-17(27)6-9-20/h1-6,8-9,12-13,18,23H,7,10-11,14H2/t18-,23+/m1/s1. The summed E-state index contributed by atoms with van der Waals surface area (Å²) in [5, 5.41) is 0.197. The molecule has 0 N–H and O–H groups in total. The van der Waals surface area contributed by atoms with Crippen LogP contribution in [0.5, 0.6) is 0 Å². The van der Waals surface area contributed by atoms with Crippen molar-refractivity contribution in [1.82, 2.24) is 9.29 Å². The molecule has 0 bridgehead atoms. The fraction of sp³-hybridized carbons (Fsp3) is 0.280. The number of carbonyl (C=O) groups excluding carboxylic acids is 1. The van der Waals surface area contributed by atoms with E-state index in [1.807, 2.05) is 0 Å². The molecular formula is C25H20ClF5N2O3S. The molecule has 0 spiro atoms. The first-order valence-corrected chi connectivity index (χ1v) is 12.9. The second-order valence-corrected chi connectivity index (χ2v) is 10.9. The monoisotopic (exact) mass is 558 g/mol. The Bertz CT molecular complexity index is 1400. The summed E-state index contributed by atoms with van der Waals surface area (Å²) in [4.78, 5) is 16.9. The molecule has 1 aromatic heterocycles. The average Bonchev–Trinajstić information content (AvgIpc) is 3.26. The molecule has 1 aliphatic rings. The van der Waals surface area contributed by atoms with Crippen molar-refractivity contribution in [1.29, 1.82) is 0 Å². The first-order valence-electron chi connectivity index (χ1n) is 11.1. The van der Waals surface area contributed by atoms with E-state index in [4.69, 9.17) is 11.6 Å². The third-order valence-electron chi connectivity index (χ3n) is 6.06. The van der Waals surface area contributed by atoms with Gasteiger partial charge in [-0.15, -0.1) is 0 Å². The molecule has 1 saturated heterocycles. The number of halogens is 6. The van der Waals surface area contributed by atoms with E-state index in [1.54, 1.807) is 0 Å². The lowest BCUT2D eigenvalue weighted by atomic mass is 10.0. The van der Waals surface area contributed by atoms with Crippen molar-refractivity contribution in [2.75, 3.05) is 6.54 Å². The Morgan fingerprint density at radius 3 is 2.35 bits per heavy atom. The number of nitrogens with zero attached hydrogens (tertiary/aromatic N) is 2. The van der Waals surface area contributed by atoms with Crippen LogP contribution in [-0.4, -0.2) is 42.2 Å². The van der Waals surface area contributed by atoms with E-state index in [1.165, 1.54) is 24.4 Å². The van der Waals surface area contributed by atoms with Crippen LogP contribution >= 0.6 is 11.6 Å². The number of carbonyl (C=O) groups is 1. The van der Waals surface area contributed by atoms with Crippen molar-refractivity contribution < 1.29 is 35.2 Å². The van der Waals surface area contributed by atoms with Crippen LogP contribution in [0.25, 0.3) is 11.1 Å². The molecule has 0 aliphatic carbocycles. The van der Waals surface area contributed by atoms with Crippen LogP contribution in [-0.2, 0) is 27.4 Å². The number of hydrogen-bond acceptors (Lipinski definition) is 4. The van der Waals surface area contributed by atoms with Crippen LogP contribution in [0.15, 0.2) is 65.7 Å². The number of pyridine rings is 1. The van der Waals surface area contributed by atoms with Gasteiger partial charge in [0.2, 0.25) is 10.0 Å². The van der Waals surface area contributed by atoms with Gasteiger partial charge in [0.15, 0.2) is 5.78 Å². The molecule has 5 nitrogen and oxygen atoms in total. The second-order valence-electron chi connectivity index (χ2n) is 8.57. The van der Waals surface area contributed by atoms with E-state index in [9.17, 15) is 35.2 Å². The summed E-state index contributed by atoms with van der Waals surface area (Å²) in [6, 6.07) is 8.76. The number of sulfonamides is 1. The Hall–Kier alpha value is -2.89. The molecule has 2 heterocycles. The molecule has 3 aromatic rings. The van der Waals surface area contributed by atoms with Crippen molar-refractivity contribution >= 4 is 27.4 Å². The summed E-state index contributed by atoms with van der Waals surface area (Å²) >= 11 is 6.19. The minimum atomic E-state index is -4.48. The van der Waals surface area contributed by atoms with Gasteiger partial charge in [-0.1, -0.05) is 23.7 Å². The van der Waals surface area contributed by atoms with Gasteiger partial charge >= 0.3 is 6.18 Å². The number of aromatic nitrogens is 1. The zero-order valence-electron chi connectivity index (χ0n) is 19.1. The van der Waals surface area contributed by atoms with E-state index in [-0.39, 0.29) is 29.2 Å². The molecule has 2 atom stereocenters. The Labute approximate surface area is 214 Å². The van der Waals surface area contributed by atoms with E-state index in [2.05, 4.69) is 4.98 Å². The minimum Gasteiger partial charge on any atom is -0.298 e. The lowest BCUT2D eigenvalue weighted by Gasteiger charge is -2.22. The summed E-state index contributed by atoms with van der Waals surface area (Å²) in [5.41, 5.74) is 0.421. The van der Waals surface area contributed by atoms with Crippen molar-refractivity contribution in [2.24, 2.45) is 0 Å². The predicted molar refractivity (Wildman–Crippen MR) is 127 cm³/mol. The predicted octanol–water partition coefficient (Wildman–Crippen LogP) is 5.86. The first kappa shape index (κ1) is 27.2. The summed E-state index contributed by atoms with van der Waals surface area (Å²) < 4.78 is 92.8. The fourth-order valence-electron chi connectivity index (χ4n) is 4.15. The van der Waals surface area contributed by atoms with Crippen LogP contribution in [0.2, 0.25) is 5.02 Å². The number of ketones is 1. The summed E-state index contributed by atoms with van der Waals surface area (Å²) in [7, 11) is -4.24. The maximum atomic E-state index is 14.2. The van der Waals surface area contributed by atoms with Gasteiger partial charge in [-0.3, -0.25) is 9.78 Å². The maximum Gasteiger partial charge on any atom is 0.416 e. The number of hydrogen-bond donors (Lipinski definition) is 0. The number of benzene rings is 2. The molecule has 1 aliphatic heterocycles. The van der Waals surface area contributed by atoms with E-state index in [0.717, 1.165) is 40.7 Å². The molecule has 196 valence electrons. The van der Waals surface area contributed by atoms with Crippen LogP contribution < -0.4 is 0 Å². The van der Waals surface area contributed by atoms with Gasteiger partial charge in [0.05, 0.1) is 21.5 Å². The third-order valence-corrected chi connectivity index (χ3v) is 8.25. The fourth-order valence-corrected chi connectivity index (χ4v) is 6.01. The van der Waals surface area contributed by atoms with E-state index < -0.39 is 52.1 Å². The zero-order chi connectivity index (χ0) is 27.0. The number of aryl methyl sites for hydroxylation is 1. The largest absolute Gasteiger partial charge is 0.416 e. The molecule has 37 heavy (non-hydrogen) atoms. The van der Waals surface area contributed by atoms with Crippen LogP contribution in [0, 0.1) is 5.82 Å². The lowest BCUT2D eigenvalue weighted by molar-refractivity contribution is -0.137. The molecule has 12 heteroatoms. The maximum absolute atomic E-state index is 14.2. The van der Waals surface area contributed by atoms with Gasteiger partial charge in [-0.05, 0) is 54.4 Å². The van der Waals surface area contributed by atoms with E-state index >= 15 is 0 Å². The third kappa shape index (κ3) is 6.00. The van der Waals surface area contributed by atoms with Gasteiger partial charge in [-0.2, -0.15) is 17.5 Å². The molecule has 0 saturated carbocycles. The second kappa shape index (κ2) is 10.5. The first-order chi connectivity index (χ1) is 17.4. The topological polar surface area (TPSA) is 67.3 Å². The highest BCUT2D eigenvalue weighted by molar-refractivity contribution is 7.89. The van der Waals surface area contributed by atoms with Gasteiger partial charge in [0, 0.05) is 36.8 Å². The highest BCUT2D eigenvalue weighted by Crippen LogP contribution is 2.34. The Balaban J connectivity index is 1.50. The minimum absolute atomic E-state index is 0.0710. The normalized spacial score (nSPS) is 18.8. The van der Waals surface area contributed by atoms with Gasteiger partial charge in [-0.25, -0.2) is 17.2 Å². The summed E-state index contributed by atoms with van der Waals surface area (Å²) in [5.74, 6) is -1.15. The van der Waals surface area contributed by atoms with Crippen LogP contribution in [0.3, 0.4) is 0 Å². The van der Waals surface area contributed by atoms with Crippen molar-refractivity contribution in [3.63, 3.8) is 0 Å². The molecular weight excluding hydrogens is 539 g/mol. The number of alkyl halides is 4. The Morgan fingerprint density at radius 2 is 1.73 bits per heavy atom. The van der Waals surface area contributed by atoms with Gasteiger partial charge in [0.1, 0.15) is 12.0 Å². The van der Waals surface area contributed by atoms with Gasteiger partial charge in [0.25, 0.3) is 0 Å². The molecule has 0 amide bonds. The van der Waals surface area contributed by atoms with Crippen molar-refractivity contribution in [2.45, 2.75) is 42.5 Å². The number of rotatable bonds is 7. The average molecular weight is 559 g/mol. The Morgan fingerprint density at radius 1 is 1.08 bits per heavy atom. The van der Waals surface area contributed by atoms with Crippen LogP contribution in [0.1, 0.15) is 24.1 Å². The molecule has 4 rings (SSSR count). The quantitative estimate of drug-likeness (QED) is 0.341. The van der Waals surface area contributed by atoms with E-state index in [0.29, 0.717) is 16.8 Å². The van der Waals surface area contributed by atoms with Gasteiger partial charge < -0.3 is 0 Å². The Kier molecular flexibility index (Phi) is 7.68. The lowest BCUT2D eigenvalue weighted by Crippen LogP contribution is -2.40. The molecule has 2 aromatic carbocycles. The summed E-state index contributed by atoms with van der Waals surface area (Å²) in [6.07, 6.45) is -5.10. The zero-order valence-corrected chi connectivity index (χ0v) is 20.6. The van der Waals surface area contributed by atoms with Crippen molar-refractivity contribution in [3.8, 4) is 11.1 Å². The molecule has 1 fully saturated rings. The highest BCUT2D eigenvalue weighted by Gasteiger charge is 2.43. The number of Topliss-reactive ketones (excluding diaryl/α,β-unsaturated/α-hetero) is 1. The van der Waals surface area contributed by atoms with Crippen LogP contribution in [0.4, 0.5) is 22.0 Å². The molecule has 0 radical (unpaired) electrons. The van der Waals surface area contributed by atoms with Crippen molar-refractivity contribution in [3.05, 3.63) is 82.9 Å².